The summed E-state index contributed by atoms with van der Waals surface area (Å²) in [4.78, 5) is 19.4. The molecule has 0 saturated carbocycles. The Kier molecular flexibility index (Phi) is 5.38. The van der Waals surface area contributed by atoms with E-state index >= 15 is 0 Å². The molecule has 3 aromatic rings. The number of carbonyl (C=O) groups excluding carboxylic acids is 1. The van der Waals surface area contributed by atoms with Crippen molar-refractivity contribution >= 4 is 32.7 Å². The fraction of sp³-hybridized carbons (Fsp3) is 0.333. The molecule has 0 spiro atoms. The van der Waals surface area contributed by atoms with Crippen LogP contribution in [0, 0.1) is 12.7 Å². The van der Waals surface area contributed by atoms with E-state index in [0.29, 0.717) is 11.3 Å². The number of carbonyl (C=O) groups is 1. The van der Waals surface area contributed by atoms with Gasteiger partial charge in [-0.1, -0.05) is 0 Å². The van der Waals surface area contributed by atoms with Gasteiger partial charge in [0.2, 0.25) is 0 Å². The quantitative estimate of drug-likeness (QED) is 0.547. The van der Waals surface area contributed by atoms with Crippen molar-refractivity contribution in [1.29, 1.82) is 0 Å². The van der Waals surface area contributed by atoms with Crippen molar-refractivity contribution in [2.75, 3.05) is 0 Å². The third-order valence-electron chi connectivity index (χ3n) is 4.65. The van der Waals surface area contributed by atoms with E-state index in [-0.39, 0.29) is 18.0 Å². The monoisotopic (exact) mass is 431 g/mol. The van der Waals surface area contributed by atoms with Crippen LogP contribution in [-0.4, -0.2) is 32.4 Å². The van der Waals surface area contributed by atoms with Crippen LogP contribution < -0.4 is 0 Å². The first-order chi connectivity index (χ1) is 12.7. The van der Waals surface area contributed by atoms with E-state index in [0.717, 1.165) is 20.9 Å². The highest BCUT2D eigenvalue weighted by atomic mass is 79.9. The molecular weight excluding hydrogens is 409 g/mol. The van der Waals surface area contributed by atoms with E-state index in [1.807, 2.05) is 45.4 Å². The minimum absolute atomic E-state index is 0.00525. The van der Waals surface area contributed by atoms with Crippen molar-refractivity contribution in [3.05, 3.63) is 58.2 Å². The molecule has 0 radical (unpaired) electrons. The molecular formula is C21H23BrFN3O. The van der Waals surface area contributed by atoms with Crippen LogP contribution in [0.25, 0.3) is 16.6 Å². The van der Waals surface area contributed by atoms with Gasteiger partial charge in [-0.15, -0.1) is 0 Å². The highest BCUT2D eigenvalue weighted by Gasteiger charge is 2.25. The van der Waals surface area contributed by atoms with Gasteiger partial charge in [0, 0.05) is 34.3 Å². The summed E-state index contributed by atoms with van der Waals surface area (Å²) < 4.78 is 16.9. The molecule has 0 aliphatic heterocycles. The lowest BCUT2D eigenvalue weighted by Crippen LogP contribution is -2.42. The topological polar surface area (TPSA) is 38.1 Å². The Balaban J connectivity index is 2.25. The van der Waals surface area contributed by atoms with Crippen LogP contribution in [0.1, 0.15) is 43.6 Å². The van der Waals surface area contributed by atoms with Gasteiger partial charge < -0.3 is 9.47 Å². The number of benzene rings is 1. The summed E-state index contributed by atoms with van der Waals surface area (Å²) in [6.07, 6.45) is 5.46. The number of aromatic nitrogens is 2. The Morgan fingerprint density at radius 1 is 1.19 bits per heavy atom. The summed E-state index contributed by atoms with van der Waals surface area (Å²) >= 11 is 3.60. The zero-order valence-electron chi connectivity index (χ0n) is 16.1. The molecule has 0 bridgehead atoms. The van der Waals surface area contributed by atoms with E-state index in [1.54, 1.807) is 23.4 Å². The molecule has 27 heavy (non-hydrogen) atoms. The Hall–Kier alpha value is -2.21. The molecule has 0 atom stereocenters. The Morgan fingerprint density at radius 2 is 1.85 bits per heavy atom. The lowest BCUT2D eigenvalue weighted by Gasteiger charge is -2.31. The van der Waals surface area contributed by atoms with E-state index < -0.39 is 5.82 Å². The molecule has 0 unspecified atom stereocenters. The van der Waals surface area contributed by atoms with Gasteiger partial charge in [-0.05, 0) is 74.3 Å². The van der Waals surface area contributed by atoms with E-state index in [2.05, 4.69) is 20.9 Å². The van der Waals surface area contributed by atoms with Gasteiger partial charge in [-0.2, -0.15) is 0 Å². The van der Waals surface area contributed by atoms with Gasteiger partial charge in [0.25, 0.3) is 5.91 Å². The summed E-state index contributed by atoms with van der Waals surface area (Å²) in [5, 5.41) is 1.03. The minimum Gasteiger partial charge on any atom is -0.334 e. The van der Waals surface area contributed by atoms with Gasteiger partial charge in [0.1, 0.15) is 5.82 Å². The summed E-state index contributed by atoms with van der Waals surface area (Å²) in [7, 11) is 0. The molecule has 2 heterocycles. The van der Waals surface area contributed by atoms with Gasteiger partial charge >= 0.3 is 0 Å². The smallest absolute Gasteiger partial charge is 0.256 e. The SMILES string of the molecule is Cc1cncc2c1c(Br)cn2-c1ccc(F)cc1C(=O)N(C(C)C)C(C)C. The minimum atomic E-state index is -0.431. The Bertz CT molecular complexity index is 1000. The molecule has 3 rings (SSSR count). The molecule has 2 aromatic heterocycles. The Morgan fingerprint density at radius 3 is 2.48 bits per heavy atom. The maximum Gasteiger partial charge on any atom is 0.256 e. The van der Waals surface area contributed by atoms with Crippen LogP contribution in [0.15, 0.2) is 41.3 Å². The van der Waals surface area contributed by atoms with Gasteiger partial charge in [-0.3, -0.25) is 9.78 Å². The van der Waals surface area contributed by atoms with Crippen LogP contribution in [0.4, 0.5) is 4.39 Å². The molecule has 1 amide bonds. The third-order valence-corrected chi connectivity index (χ3v) is 5.25. The summed E-state index contributed by atoms with van der Waals surface area (Å²) in [6, 6.07) is 4.36. The van der Waals surface area contributed by atoms with Crippen molar-refractivity contribution in [3.63, 3.8) is 0 Å². The zero-order chi connectivity index (χ0) is 19.9. The van der Waals surface area contributed by atoms with Gasteiger partial charge in [0.15, 0.2) is 0 Å². The van der Waals surface area contributed by atoms with Gasteiger partial charge in [0.05, 0.1) is 23.0 Å². The second kappa shape index (κ2) is 7.43. The zero-order valence-corrected chi connectivity index (χ0v) is 17.7. The van der Waals surface area contributed by atoms with Crippen molar-refractivity contribution in [3.8, 4) is 5.69 Å². The number of hydrogen-bond donors (Lipinski definition) is 0. The van der Waals surface area contributed by atoms with Crippen molar-refractivity contribution < 1.29 is 9.18 Å². The lowest BCUT2D eigenvalue weighted by molar-refractivity contribution is 0.0643. The molecule has 6 heteroatoms. The van der Waals surface area contributed by atoms with Crippen molar-refractivity contribution in [2.24, 2.45) is 0 Å². The second-order valence-corrected chi connectivity index (χ2v) is 8.11. The highest BCUT2D eigenvalue weighted by Crippen LogP contribution is 2.32. The number of amides is 1. The largest absolute Gasteiger partial charge is 0.334 e. The van der Waals surface area contributed by atoms with Gasteiger partial charge in [-0.25, -0.2) is 4.39 Å². The Labute approximate surface area is 167 Å². The molecule has 1 aromatic carbocycles. The first-order valence-corrected chi connectivity index (χ1v) is 9.75. The maximum atomic E-state index is 14.1. The van der Waals surface area contributed by atoms with Crippen LogP contribution in [0.5, 0.6) is 0 Å². The molecule has 0 N–H and O–H groups in total. The first-order valence-electron chi connectivity index (χ1n) is 8.96. The average Bonchev–Trinajstić information content (AvgIpc) is 2.92. The van der Waals surface area contributed by atoms with E-state index in [1.165, 1.54) is 12.1 Å². The lowest BCUT2D eigenvalue weighted by atomic mass is 10.1. The molecule has 142 valence electrons. The number of pyridine rings is 1. The molecule has 0 aliphatic carbocycles. The second-order valence-electron chi connectivity index (χ2n) is 7.26. The number of aryl methyl sites for hydroxylation is 1. The average molecular weight is 432 g/mol. The summed E-state index contributed by atoms with van der Waals surface area (Å²) in [5.41, 5.74) is 2.86. The van der Waals surface area contributed by atoms with Crippen LogP contribution >= 0.6 is 15.9 Å². The standard InChI is InChI=1S/C21H23BrFN3O/c1-12(2)26(13(3)4)21(27)16-8-15(23)6-7-18(16)25-11-17(22)20-14(5)9-24-10-19(20)25/h6-13H,1-5H3. The fourth-order valence-corrected chi connectivity index (χ4v) is 4.31. The molecule has 0 fully saturated rings. The molecule has 4 nitrogen and oxygen atoms in total. The number of halogens is 2. The van der Waals surface area contributed by atoms with E-state index in [4.69, 9.17) is 0 Å². The number of nitrogens with zero attached hydrogens (tertiary/aromatic N) is 3. The molecule has 0 saturated heterocycles. The predicted molar refractivity (Wildman–Crippen MR) is 110 cm³/mol. The van der Waals surface area contributed by atoms with Crippen molar-refractivity contribution in [2.45, 2.75) is 46.7 Å². The normalized spacial score (nSPS) is 11.6. The maximum absolute atomic E-state index is 14.1. The number of hydrogen-bond acceptors (Lipinski definition) is 2. The predicted octanol–water partition coefficient (Wildman–Crippen LogP) is 5.49. The first kappa shape index (κ1) is 19.5. The number of rotatable bonds is 4. The summed E-state index contributed by atoms with van der Waals surface area (Å²) in [5.74, 6) is -0.618. The highest BCUT2D eigenvalue weighted by molar-refractivity contribution is 9.10. The van der Waals surface area contributed by atoms with E-state index in [9.17, 15) is 9.18 Å². The van der Waals surface area contributed by atoms with Crippen LogP contribution in [0.3, 0.4) is 0 Å². The third kappa shape index (κ3) is 3.50. The van der Waals surface area contributed by atoms with Crippen LogP contribution in [0.2, 0.25) is 0 Å². The molecule has 0 aliphatic rings. The van der Waals surface area contributed by atoms with Crippen molar-refractivity contribution in [1.82, 2.24) is 14.5 Å². The van der Waals surface area contributed by atoms with Crippen LogP contribution in [-0.2, 0) is 0 Å². The number of fused-ring (bicyclic) bond motifs is 1. The summed E-state index contributed by atoms with van der Waals surface area (Å²) in [6.45, 7) is 9.84. The fourth-order valence-electron chi connectivity index (χ4n) is 3.58.